The SMILES string of the molecule is Cc1cnn(CC2CCCO2)c1C(=O)O. The first-order valence-electron chi connectivity index (χ1n) is 5.06. The maximum atomic E-state index is 11.0. The molecule has 0 bridgehead atoms. The van der Waals surface area contributed by atoms with E-state index in [4.69, 9.17) is 9.84 Å². The van der Waals surface area contributed by atoms with E-state index in [1.165, 1.54) is 4.68 Å². The van der Waals surface area contributed by atoms with Crippen LogP contribution >= 0.6 is 0 Å². The fourth-order valence-corrected chi connectivity index (χ4v) is 1.88. The van der Waals surface area contributed by atoms with Crippen LogP contribution in [0.3, 0.4) is 0 Å². The summed E-state index contributed by atoms with van der Waals surface area (Å²) in [7, 11) is 0. The number of nitrogens with zero attached hydrogens (tertiary/aromatic N) is 2. The average Bonchev–Trinajstić information content (AvgIpc) is 2.76. The maximum Gasteiger partial charge on any atom is 0.354 e. The van der Waals surface area contributed by atoms with Crippen molar-refractivity contribution in [2.75, 3.05) is 6.61 Å². The van der Waals surface area contributed by atoms with Gasteiger partial charge in [-0.05, 0) is 19.8 Å². The number of carboxylic acids is 1. The summed E-state index contributed by atoms with van der Waals surface area (Å²) in [6.07, 6.45) is 3.73. The number of aromatic carboxylic acids is 1. The Morgan fingerprint density at radius 1 is 1.80 bits per heavy atom. The van der Waals surface area contributed by atoms with Gasteiger partial charge in [0, 0.05) is 12.2 Å². The molecule has 1 aliphatic heterocycles. The first-order valence-corrected chi connectivity index (χ1v) is 5.06. The molecule has 1 aliphatic rings. The Balaban J connectivity index is 2.16. The van der Waals surface area contributed by atoms with E-state index in [1.54, 1.807) is 13.1 Å². The molecule has 5 heteroatoms. The smallest absolute Gasteiger partial charge is 0.354 e. The van der Waals surface area contributed by atoms with Gasteiger partial charge in [0.2, 0.25) is 0 Å². The van der Waals surface area contributed by atoms with Crippen LogP contribution in [0.1, 0.15) is 28.9 Å². The number of rotatable bonds is 3. The van der Waals surface area contributed by atoms with Crippen LogP contribution in [0.2, 0.25) is 0 Å². The molecule has 2 heterocycles. The van der Waals surface area contributed by atoms with Crippen LogP contribution in [-0.2, 0) is 11.3 Å². The van der Waals surface area contributed by atoms with Gasteiger partial charge < -0.3 is 9.84 Å². The second-order valence-electron chi connectivity index (χ2n) is 3.80. The van der Waals surface area contributed by atoms with E-state index >= 15 is 0 Å². The van der Waals surface area contributed by atoms with Crippen LogP contribution in [0.4, 0.5) is 0 Å². The van der Waals surface area contributed by atoms with Gasteiger partial charge >= 0.3 is 5.97 Å². The Kier molecular flexibility index (Phi) is 2.73. The summed E-state index contributed by atoms with van der Waals surface area (Å²) in [4.78, 5) is 11.0. The van der Waals surface area contributed by atoms with Gasteiger partial charge in [0.15, 0.2) is 0 Å². The third-order valence-electron chi connectivity index (χ3n) is 2.63. The Labute approximate surface area is 87.7 Å². The molecule has 0 aromatic carbocycles. The highest BCUT2D eigenvalue weighted by molar-refractivity contribution is 5.87. The third kappa shape index (κ3) is 2.02. The van der Waals surface area contributed by atoms with E-state index in [9.17, 15) is 4.79 Å². The molecule has 15 heavy (non-hydrogen) atoms. The number of hydrogen-bond donors (Lipinski definition) is 1. The molecule has 82 valence electrons. The first kappa shape index (κ1) is 10.2. The summed E-state index contributed by atoms with van der Waals surface area (Å²) in [5, 5.41) is 13.1. The monoisotopic (exact) mass is 210 g/mol. The summed E-state index contributed by atoms with van der Waals surface area (Å²) in [6, 6.07) is 0. The normalized spacial score (nSPS) is 20.7. The van der Waals surface area contributed by atoms with Gasteiger partial charge in [-0.15, -0.1) is 0 Å². The molecular formula is C10H14N2O3. The minimum Gasteiger partial charge on any atom is -0.477 e. The molecule has 0 amide bonds. The number of hydrogen-bond acceptors (Lipinski definition) is 3. The van der Waals surface area contributed by atoms with Crippen molar-refractivity contribution < 1.29 is 14.6 Å². The standard InChI is InChI=1S/C10H14N2O3/c1-7-5-11-12(9(7)10(13)14)6-8-3-2-4-15-8/h5,8H,2-4,6H2,1H3,(H,13,14). The zero-order valence-electron chi connectivity index (χ0n) is 8.64. The molecule has 1 aromatic heterocycles. The first-order chi connectivity index (χ1) is 7.18. The van der Waals surface area contributed by atoms with E-state index in [0.29, 0.717) is 12.1 Å². The van der Waals surface area contributed by atoms with Crippen molar-refractivity contribution in [1.82, 2.24) is 9.78 Å². The molecule has 2 rings (SSSR count). The van der Waals surface area contributed by atoms with Crippen molar-refractivity contribution in [2.45, 2.75) is 32.4 Å². The highest BCUT2D eigenvalue weighted by atomic mass is 16.5. The summed E-state index contributed by atoms with van der Waals surface area (Å²) < 4.78 is 6.97. The van der Waals surface area contributed by atoms with E-state index in [-0.39, 0.29) is 11.8 Å². The van der Waals surface area contributed by atoms with Gasteiger partial charge in [0.1, 0.15) is 5.69 Å². The third-order valence-corrected chi connectivity index (χ3v) is 2.63. The van der Waals surface area contributed by atoms with Gasteiger partial charge in [-0.1, -0.05) is 0 Å². The molecule has 1 unspecified atom stereocenters. The number of carboxylic acid groups (broad SMARTS) is 1. The molecule has 1 aromatic rings. The van der Waals surface area contributed by atoms with Crippen LogP contribution in [0.15, 0.2) is 6.20 Å². The topological polar surface area (TPSA) is 64.4 Å². The van der Waals surface area contributed by atoms with Crippen molar-refractivity contribution in [3.8, 4) is 0 Å². The van der Waals surface area contributed by atoms with Crippen molar-refractivity contribution in [2.24, 2.45) is 0 Å². The minimum absolute atomic E-state index is 0.113. The molecule has 0 radical (unpaired) electrons. The average molecular weight is 210 g/mol. The molecule has 0 aliphatic carbocycles. The minimum atomic E-state index is -0.928. The summed E-state index contributed by atoms with van der Waals surface area (Å²) in [5.41, 5.74) is 0.964. The molecule has 0 saturated carbocycles. The van der Waals surface area contributed by atoms with Crippen molar-refractivity contribution >= 4 is 5.97 Å². The van der Waals surface area contributed by atoms with Crippen molar-refractivity contribution in [3.63, 3.8) is 0 Å². The van der Waals surface area contributed by atoms with E-state index in [2.05, 4.69) is 5.10 Å². The second kappa shape index (κ2) is 4.02. The largest absolute Gasteiger partial charge is 0.477 e. The maximum absolute atomic E-state index is 11.0. The Morgan fingerprint density at radius 3 is 3.20 bits per heavy atom. The lowest BCUT2D eigenvalue weighted by molar-refractivity contribution is 0.0663. The number of aryl methyl sites for hydroxylation is 1. The lowest BCUT2D eigenvalue weighted by Crippen LogP contribution is -2.20. The van der Waals surface area contributed by atoms with Gasteiger partial charge in [0.05, 0.1) is 18.8 Å². The molecule has 5 nitrogen and oxygen atoms in total. The highest BCUT2D eigenvalue weighted by Gasteiger charge is 2.21. The zero-order valence-corrected chi connectivity index (χ0v) is 8.64. The van der Waals surface area contributed by atoms with E-state index in [1.807, 2.05) is 0 Å². The Hall–Kier alpha value is -1.36. The second-order valence-corrected chi connectivity index (χ2v) is 3.80. The predicted molar refractivity (Wildman–Crippen MR) is 52.9 cm³/mol. The summed E-state index contributed by atoms with van der Waals surface area (Å²) >= 11 is 0. The van der Waals surface area contributed by atoms with Crippen LogP contribution in [-0.4, -0.2) is 33.6 Å². The van der Waals surface area contributed by atoms with Crippen LogP contribution in [0.5, 0.6) is 0 Å². The Morgan fingerprint density at radius 2 is 2.60 bits per heavy atom. The van der Waals surface area contributed by atoms with Gasteiger partial charge in [-0.25, -0.2) is 4.79 Å². The van der Waals surface area contributed by atoms with Crippen LogP contribution in [0.25, 0.3) is 0 Å². The van der Waals surface area contributed by atoms with Gasteiger partial charge in [-0.2, -0.15) is 5.10 Å². The molecule has 1 fully saturated rings. The summed E-state index contributed by atoms with van der Waals surface area (Å²) in [6.45, 7) is 3.06. The number of ether oxygens (including phenoxy) is 1. The van der Waals surface area contributed by atoms with Crippen LogP contribution in [0, 0.1) is 6.92 Å². The highest BCUT2D eigenvalue weighted by Crippen LogP contribution is 2.16. The zero-order chi connectivity index (χ0) is 10.8. The lowest BCUT2D eigenvalue weighted by Gasteiger charge is -2.10. The molecule has 1 atom stereocenters. The van der Waals surface area contributed by atoms with Crippen molar-refractivity contribution in [3.05, 3.63) is 17.5 Å². The number of aromatic nitrogens is 2. The molecule has 0 spiro atoms. The van der Waals surface area contributed by atoms with Gasteiger partial charge in [-0.3, -0.25) is 4.68 Å². The fraction of sp³-hybridized carbons (Fsp3) is 0.600. The van der Waals surface area contributed by atoms with Crippen molar-refractivity contribution in [1.29, 1.82) is 0 Å². The fourth-order valence-electron chi connectivity index (χ4n) is 1.88. The molecule has 1 N–H and O–H groups in total. The quantitative estimate of drug-likeness (QED) is 0.810. The Bertz CT molecular complexity index is 367. The number of carbonyl (C=O) groups is 1. The predicted octanol–water partition coefficient (Wildman–Crippen LogP) is 1.07. The van der Waals surface area contributed by atoms with Gasteiger partial charge in [0.25, 0.3) is 0 Å². The lowest BCUT2D eigenvalue weighted by atomic mass is 10.2. The summed E-state index contributed by atoms with van der Waals surface area (Å²) in [5.74, 6) is -0.928. The molecule has 1 saturated heterocycles. The van der Waals surface area contributed by atoms with E-state index in [0.717, 1.165) is 19.4 Å². The van der Waals surface area contributed by atoms with E-state index < -0.39 is 5.97 Å². The molecular weight excluding hydrogens is 196 g/mol. The van der Waals surface area contributed by atoms with Crippen LogP contribution < -0.4 is 0 Å².